The lowest BCUT2D eigenvalue weighted by Gasteiger charge is -2.04. The van der Waals surface area contributed by atoms with E-state index in [1.165, 1.54) is 6.07 Å². The van der Waals surface area contributed by atoms with Gasteiger partial charge in [-0.05, 0) is 12.1 Å². The van der Waals surface area contributed by atoms with Crippen LogP contribution in [0.1, 0.15) is 10.5 Å². The molecule has 1 aromatic rings. The maximum atomic E-state index is 11.8. The highest BCUT2D eigenvalue weighted by Crippen LogP contribution is 2.35. The summed E-state index contributed by atoms with van der Waals surface area (Å²) in [5.74, 6) is -1.35. The first-order valence-electron chi connectivity index (χ1n) is 3.34. The Hall–Kier alpha value is -1.24. The highest BCUT2D eigenvalue weighted by atomic mass is 32.2. The van der Waals surface area contributed by atoms with Crippen molar-refractivity contribution < 1.29 is 23.1 Å². The molecule has 0 spiro atoms. The smallest absolute Gasteiger partial charge is 0.447 e. The SMILES string of the molecule is O=C(O)c1cccc(SC(F)(F)F)n1. The normalized spacial score (nSPS) is 11.4. The minimum Gasteiger partial charge on any atom is -0.477 e. The van der Waals surface area contributed by atoms with Gasteiger partial charge in [0.15, 0.2) is 0 Å². The van der Waals surface area contributed by atoms with E-state index in [2.05, 4.69) is 4.98 Å². The number of rotatable bonds is 2. The lowest BCUT2D eigenvalue weighted by molar-refractivity contribution is -0.0329. The number of pyridine rings is 1. The van der Waals surface area contributed by atoms with Crippen molar-refractivity contribution in [3.63, 3.8) is 0 Å². The maximum Gasteiger partial charge on any atom is 0.447 e. The minimum absolute atomic E-state index is 0.377. The number of aromatic carboxylic acids is 1. The molecule has 1 rings (SSSR count). The summed E-state index contributed by atoms with van der Waals surface area (Å²) in [6.07, 6.45) is 0. The number of carboxylic acid groups (broad SMARTS) is 1. The van der Waals surface area contributed by atoms with Crippen LogP contribution in [-0.2, 0) is 0 Å². The average molecular weight is 223 g/mol. The van der Waals surface area contributed by atoms with Gasteiger partial charge in [0.2, 0.25) is 0 Å². The topological polar surface area (TPSA) is 50.2 Å². The Morgan fingerprint density at radius 2 is 2.07 bits per heavy atom. The molecular formula is C7H4F3NO2S. The number of aromatic nitrogens is 1. The van der Waals surface area contributed by atoms with Gasteiger partial charge in [0.25, 0.3) is 0 Å². The molecule has 1 N–H and O–H groups in total. The van der Waals surface area contributed by atoms with Crippen LogP contribution in [0.15, 0.2) is 23.2 Å². The quantitative estimate of drug-likeness (QED) is 0.782. The molecular weight excluding hydrogens is 219 g/mol. The number of carbonyl (C=O) groups is 1. The number of hydrogen-bond donors (Lipinski definition) is 1. The molecule has 3 nitrogen and oxygen atoms in total. The molecule has 76 valence electrons. The Morgan fingerprint density at radius 1 is 1.43 bits per heavy atom. The number of carboxylic acids is 1. The molecule has 0 aliphatic carbocycles. The Labute approximate surface area is 81.0 Å². The van der Waals surface area contributed by atoms with Gasteiger partial charge >= 0.3 is 11.5 Å². The summed E-state index contributed by atoms with van der Waals surface area (Å²) >= 11 is -0.442. The van der Waals surface area contributed by atoms with Gasteiger partial charge in [-0.2, -0.15) is 13.2 Å². The lowest BCUT2D eigenvalue weighted by Crippen LogP contribution is -2.04. The number of halogens is 3. The van der Waals surface area contributed by atoms with Gasteiger partial charge in [-0.25, -0.2) is 9.78 Å². The van der Waals surface area contributed by atoms with Crippen molar-refractivity contribution in [2.75, 3.05) is 0 Å². The average Bonchev–Trinajstić information content (AvgIpc) is 2.01. The van der Waals surface area contributed by atoms with Crippen molar-refractivity contribution in [2.24, 2.45) is 0 Å². The third kappa shape index (κ3) is 3.25. The molecule has 0 unspecified atom stereocenters. The molecule has 0 saturated heterocycles. The maximum absolute atomic E-state index is 11.8. The van der Waals surface area contributed by atoms with Crippen LogP contribution in [0, 0.1) is 0 Å². The van der Waals surface area contributed by atoms with Crippen LogP contribution < -0.4 is 0 Å². The van der Waals surface area contributed by atoms with E-state index in [9.17, 15) is 18.0 Å². The Bertz CT molecular complexity index is 353. The summed E-state index contributed by atoms with van der Waals surface area (Å²) in [6.45, 7) is 0. The molecule has 0 aliphatic heterocycles. The molecule has 0 atom stereocenters. The van der Waals surface area contributed by atoms with Crippen molar-refractivity contribution in [1.82, 2.24) is 4.98 Å². The van der Waals surface area contributed by atoms with E-state index < -0.39 is 28.9 Å². The van der Waals surface area contributed by atoms with E-state index >= 15 is 0 Å². The number of alkyl halides is 3. The molecule has 7 heteroatoms. The molecule has 0 saturated carbocycles. The summed E-state index contributed by atoms with van der Waals surface area (Å²) < 4.78 is 35.5. The minimum atomic E-state index is -4.45. The third-order valence-electron chi connectivity index (χ3n) is 1.16. The number of thioether (sulfide) groups is 1. The van der Waals surface area contributed by atoms with Gasteiger partial charge in [-0.1, -0.05) is 6.07 Å². The van der Waals surface area contributed by atoms with Gasteiger partial charge in [-0.3, -0.25) is 0 Å². The molecule has 0 aliphatic rings. The molecule has 0 bridgehead atoms. The van der Waals surface area contributed by atoms with E-state index in [0.717, 1.165) is 12.1 Å². The van der Waals surface area contributed by atoms with Crippen LogP contribution in [0.3, 0.4) is 0 Å². The Morgan fingerprint density at radius 3 is 2.57 bits per heavy atom. The van der Waals surface area contributed by atoms with E-state index in [1.54, 1.807) is 0 Å². The van der Waals surface area contributed by atoms with E-state index in [1.807, 2.05) is 0 Å². The molecule has 1 aromatic heterocycles. The van der Waals surface area contributed by atoms with Crippen molar-refractivity contribution in [3.05, 3.63) is 23.9 Å². The van der Waals surface area contributed by atoms with Crippen LogP contribution in [0.25, 0.3) is 0 Å². The zero-order chi connectivity index (χ0) is 10.8. The fourth-order valence-corrected chi connectivity index (χ4v) is 1.24. The highest BCUT2D eigenvalue weighted by Gasteiger charge is 2.30. The molecule has 1 heterocycles. The van der Waals surface area contributed by atoms with Crippen molar-refractivity contribution in [1.29, 1.82) is 0 Å². The second-order valence-corrected chi connectivity index (χ2v) is 3.30. The monoisotopic (exact) mass is 223 g/mol. The zero-order valence-electron chi connectivity index (χ0n) is 6.58. The first kappa shape index (κ1) is 10.8. The van der Waals surface area contributed by atoms with E-state index in [0.29, 0.717) is 0 Å². The summed E-state index contributed by atoms with van der Waals surface area (Å²) in [5.41, 5.74) is -4.86. The Kier molecular flexibility index (Phi) is 3.00. The van der Waals surface area contributed by atoms with E-state index in [4.69, 9.17) is 5.11 Å². The molecule has 14 heavy (non-hydrogen) atoms. The molecule has 0 fully saturated rings. The molecule has 0 amide bonds. The van der Waals surface area contributed by atoms with Crippen LogP contribution in [-0.4, -0.2) is 21.6 Å². The standard InChI is InChI=1S/C7H4F3NO2S/c8-7(9,10)14-5-3-1-2-4(11-5)6(12)13/h1-3H,(H,12,13). The summed E-state index contributed by atoms with van der Waals surface area (Å²) in [7, 11) is 0. The van der Waals surface area contributed by atoms with Crippen LogP contribution in [0.2, 0.25) is 0 Å². The van der Waals surface area contributed by atoms with Crippen molar-refractivity contribution >= 4 is 17.7 Å². The summed E-state index contributed by atoms with van der Waals surface area (Å²) in [5, 5.41) is 8.08. The second-order valence-electron chi connectivity index (χ2n) is 2.21. The van der Waals surface area contributed by atoms with Crippen molar-refractivity contribution in [3.8, 4) is 0 Å². The predicted molar refractivity (Wildman–Crippen MR) is 43.1 cm³/mol. The van der Waals surface area contributed by atoms with Crippen LogP contribution in [0.4, 0.5) is 13.2 Å². The molecule has 0 radical (unpaired) electrons. The number of nitrogens with zero attached hydrogens (tertiary/aromatic N) is 1. The zero-order valence-corrected chi connectivity index (χ0v) is 7.39. The van der Waals surface area contributed by atoms with E-state index in [-0.39, 0.29) is 5.03 Å². The fraction of sp³-hybridized carbons (Fsp3) is 0.143. The van der Waals surface area contributed by atoms with Gasteiger partial charge in [-0.15, -0.1) is 0 Å². The Balaban J connectivity index is 2.89. The fourth-order valence-electron chi connectivity index (χ4n) is 0.709. The first-order valence-corrected chi connectivity index (χ1v) is 4.16. The third-order valence-corrected chi connectivity index (χ3v) is 1.83. The first-order chi connectivity index (χ1) is 6.38. The predicted octanol–water partition coefficient (Wildman–Crippen LogP) is 2.39. The van der Waals surface area contributed by atoms with Gasteiger partial charge < -0.3 is 5.11 Å². The lowest BCUT2D eigenvalue weighted by atomic mass is 10.4. The largest absolute Gasteiger partial charge is 0.477 e. The van der Waals surface area contributed by atoms with Crippen LogP contribution >= 0.6 is 11.8 Å². The second kappa shape index (κ2) is 3.87. The molecule has 0 aromatic carbocycles. The number of hydrogen-bond acceptors (Lipinski definition) is 3. The van der Waals surface area contributed by atoms with Crippen LogP contribution in [0.5, 0.6) is 0 Å². The summed E-state index contributed by atoms with van der Waals surface area (Å²) in [6, 6.07) is 3.44. The highest BCUT2D eigenvalue weighted by molar-refractivity contribution is 8.00. The van der Waals surface area contributed by atoms with Gasteiger partial charge in [0.05, 0.1) is 0 Å². The summed E-state index contributed by atoms with van der Waals surface area (Å²) in [4.78, 5) is 13.7. The van der Waals surface area contributed by atoms with Gasteiger partial charge in [0.1, 0.15) is 10.7 Å². The van der Waals surface area contributed by atoms with Gasteiger partial charge in [0, 0.05) is 11.8 Å². The van der Waals surface area contributed by atoms with Crippen molar-refractivity contribution in [2.45, 2.75) is 10.5 Å².